The minimum absolute atomic E-state index is 0.0755. The number of likely N-dealkylation sites (tertiary alicyclic amines) is 1. The zero-order chi connectivity index (χ0) is 19.8. The molecular weight excluding hydrogens is 386 g/mol. The number of carbonyl (C=O) groups is 1. The van der Waals surface area contributed by atoms with Gasteiger partial charge in [0.25, 0.3) is 5.91 Å². The molecule has 5 rings (SSSR count). The van der Waals surface area contributed by atoms with Crippen molar-refractivity contribution >= 4 is 22.9 Å². The Hall–Kier alpha value is -3.20. The Bertz CT molecular complexity index is 1160. The predicted molar refractivity (Wildman–Crippen MR) is 109 cm³/mol. The summed E-state index contributed by atoms with van der Waals surface area (Å²) < 4.78 is 1.83. The normalized spacial score (nSPS) is 15.1. The maximum atomic E-state index is 12.7. The second kappa shape index (κ2) is 7.32. The fourth-order valence-electron chi connectivity index (χ4n) is 3.72. The highest BCUT2D eigenvalue weighted by Crippen LogP contribution is 2.29. The third-order valence-corrected chi connectivity index (χ3v) is 6.25. The molecule has 146 valence electrons. The molecule has 5 heterocycles. The number of hydrogen-bond acceptors (Lipinski definition) is 7. The Morgan fingerprint density at radius 3 is 2.76 bits per heavy atom. The van der Waals surface area contributed by atoms with E-state index in [0.29, 0.717) is 13.1 Å². The van der Waals surface area contributed by atoms with Crippen LogP contribution in [0.5, 0.6) is 0 Å². The van der Waals surface area contributed by atoms with E-state index in [2.05, 4.69) is 20.2 Å². The van der Waals surface area contributed by atoms with Crippen LogP contribution in [0.15, 0.2) is 42.2 Å². The Kier molecular flexibility index (Phi) is 4.51. The van der Waals surface area contributed by atoms with Gasteiger partial charge in [0, 0.05) is 37.0 Å². The van der Waals surface area contributed by atoms with Crippen LogP contribution in [0.4, 0.5) is 0 Å². The van der Waals surface area contributed by atoms with Crippen LogP contribution >= 0.6 is 11.3 Å². The molecule has 0 radical (unpaired) electrons. The Labute approximate surface area is 171 Å². The summed E-state index contributed by atoms with van der Waals surface area (Å²) in [6.45, 7) is 3.26. The second-order valence-electron chi connectivity index (χ2n) is 7.12. The van der Waals surface area contributed by atoms with E-state index < -0.39 is 0 Å². The number of hydrogen-bond donors (Lipinski definition) is 0. The summed E-state index contributed by atoms with van der Waals surface area (Å²) in [5, 5.41) is 13.4. The summed E-state index contributed by atoms with van der Waals surface area (Å²) in [4.78, 5) is 23.7. The zero-order valence-electron chi connectivity index (χ0n) is 15.9. The summed E-state index contributed by atoms with van der Waals surface area (Å²) >= 11 is 1.41. The van der Waals surface area contributed by atoms with Crippen LogP contribution < -0.4 is 0 Å². The van der Waals surface area contributed by atoms with Gasteiger partial charge in [0.1, 0.15) is 4.88 Å². The number of aromatic nitrogens is 6. The first-order chi connectivity index (χ1) is 14.2. The first-order valence-electron chi connectivity index (χ1n) is 9.53. The lowest BCUT2D eigenvalue weighted by Gasteiger charge is -2.30. The molecule has 4 aromatic rings. The lowest BCUT2D eigenvalue weighted by Crippen LogP contribution is -2.38. The Morgan fingerprint density at radius 1 is 1.17 bits per heavy atom. The van der Waals surface area contributed by atoms with E-state index in [1.165, 1.54) is 11.3 Å². The van der Waals surface area contributed by atoms with Crippen molar-refractivity contribution < 1.29 is 4.79 Å². The van der Waals surface area contributed by atoms with Gasteiger partial charge in [-0.15, -0.1) is 21.5 Å². The average Bonchev–Trinajstić information content (AvgIpc) is 3.39. The van der Waals surface area contributed by atoms with E-state index in [9.17, 15) is 4.79 Å². The molecular formula is C20H19N7OS. The van der Waals surface area contributed by atoms with Gasteiger partial charge in [0.15, 0.2) is 11.5 Å². The molecule has 0 bridgehead atoms. The maximum absolute atomic E-state index is 12.7. The van der Waals surface area contributed by atoms with Crippen LogP contribution in [0.2, 0.25) is 0 Å². The van der Waals surface area contributed by atoms with Crippen LogP contribution in [-0.4, -0.2) is 53.7 Å². The van der Waals surface area contributed by atoms with Gasteiger partial charge in [-0.2, -0.15) is 9.61 Å². The molecule has 1 aliphatic rings. The minimum Gasteiger partial charge on any atom is -0.338 e. The molecule has 1 aliphatic heterocycles. The first-order valence-corrected chi connectivity index (χ1v) is 10.4. The molecule has 0 aliphatic carbocycles. The molecule has 8 nitrogen and oxygen atoms in total. The van der Waals surface area contributed by atoms with Crippen LogP contribution in [0, 0.1) is 6.92 Å². The molecule has 1 amide bonds. The molecule has 1 saturated heterocycles. The smallest absolute Gasteiger partial charge is 0.265 e. The van der Waals surface area contributed by atoms with Gasteiger partial charge < -0.3 is 4.90 Å². The first kappa shape index (κ1) is 17.9. The molecule has 4 aromatic heterocycles. The highest BCUT2D eigenvalue weighted by Gasteiger charge is 2.29. The highest BCUT2D eigenvalue weighted by molar-refractivity contribution is 7.11. The van der Waals surface area contributed by atoms with Crippen molar-refractivity contribution in [2.75, 3.05) is 13.1 Å². The van der Waals surface area contributed by atoms with Crippen LogP contribution in [0.3, 0.4) is 0 Å². The summed E-state index contributed by atoms with van der Waals surface area (Å²) in [5.41, 5.74) is 5.04. The van der Waals surface area contributed by atoms with Gasteiger partial charge >= 0.3 is 0 Å². The SMILES string of the molecule is Cc1ncsc1C(=O)N1CCC(c2nnc3ccc(-c4cccnc4)nn23)CC1. The summed E-state index contributed by atoms with van der Waals surface area (Å²) in [6, 6.07) is 7.74. The van der Waals surface area contributed by atoms with Crippen molar-refractivity contribution in [3.05, 3.63) is 58.6 Å². The number of nitrogens with zero attached hydrogens (tertiary/aromatic N) is 7. The van der Waals surface area contributed by atoms with Gasteiger partial charge in [-0.05, 0) is 44.0 Å². The molecule has 0 saturated carbocycles. The number of fused-ring (bicyclic) bond motifs is 1. The van der Waals surface area contributed by atoms with Crippen LogP contribution in [0.1, 0.15) is 39.9 Å². The van der Waals surface area contributed by atoms with Gasteiger partial charge in [0.05, 0.1) is 16.9 Å². The van der Waals surface area contributed by atoms with Crippen molar-refractivity contribution in [1.29, 1.82) is 0 Å². The lowest BCUT2D eigenvalue weighted by atomic mass is 9.96. The van der Waals surface area contributed by atoms with Crippen molar-refractivity contribution in [2.45, 2.75) is 25.7 Å². The second-order valence-corrected chi connectivity index (χ2v) is 7.98. The number of pyridine rings is 1. The standard InChI is InChI=1S/C20H19N7OS/c1-13-18(29-12-22-13)20(28)26-9-6-14(7-10-26)19-24-23-17-5-4-16(25-27(17)19)15-3-2-8-21-11-15/h2-5,8,11-12,14H,6-7,9-10H2,1H3. The van der Waals surface area contributed by atoms with Crippen molar-refractivity contribution in [2.24, 2.45) is 0 Å². The van der Waals surface area contributed by atoms with Gasteiger partial charge in [-0.1, -0.05) is 0 Å². The number of carbonyl (C=O) groups excluding carboxylic acids is 1. The number of rotatable bonds is 3. The molecule has 0 unspecified atom stereocenters. The number of aryl methyl sites for hydroxylation is 1. The summed E-state index contributed by atoms with van der Waals surface area (Å²) in [7, 11) is 0. The summed E-state index contributed by atoms with van der Waals surface area (Å²) in [6.07, 6.45) is 5.21. The number of piperidine rings is 1. The number of amides is 1. The van der Waals surface area contributed by atoms with Gasteiger partial charge in [0.2, 0.25) is 0 Å². The topological polar surface area (TPSA) is 89.2 Å². The lowest BCUT2D eigenvalue weighted by molar-refractivity contribution is 0.0714. The highest BCUT2D eigenvalue weighted by atomic mass is 32.1. The Balaban J connectivity index is 1.37. The third kappa shape index (κ3) is 3.27. The van der Waals surface area contributed by atoms with Crippen molar-refractivity contribution in [3.8, 4) is 11.3 Å². The fourth-order valence-corrected chi connectivity index (χ4v) is 4.49. The van der Waals surface area contributed by atoms with Crippen LogP contribution in [0.25, 0.3) is 16.9 Å². The molecule has 0 N–H and O–H groups in total. The average molecular weight is 405 g/mol. The zero-order valence-corrected chi connectivity index (χ0v) is 16.7. The third-order valence-electron chi connectivity index (χ3n) is 5.33. The minimum atomic E-state index is 0.0755. The van der Waals surface area contributed by atoms with E-state index >= 15 is 0 Å². The molecule has 1 fully saturated rings. The predicted octanol–water partition coefficient (Wildman–Crippen LogP) is 2.97. The molecule has 0 atom stereocenters. The van der Waals surface area contributed by atoms with Gasteiger partial charge in [-0.3, -0.25) is 9.78 Å². The van der Waals surface area contributed by atoms with Crippen LogP contribution in [-0.2, 0) is 0 Å². The number of thiazole rings is 1. The van der Waals surface area contributed by atoms with Gasteiger partial charge in [-0.25, -0.2) is 4.98 Å². The fraction of sp³-hybridized carbons (Fsp3) is 0.300. The van der Waals surface area contributed by atoms with E-state index in [-0.39, 0.29) is 11.8 Å². The van der Waals surface area contributed by atoms with E-state index in [1.54, 1.807) is 17.9 Å². The molecule has 29 heavy (non-hydrogen) atoms. The van der Waals surface area contributed by atoms with E-state index in [4.69, 9.17) is 5.10 Å². The van der Waals surface area contributed by atoms with E-state index in [1.807, 2.05) is 40.6 Å². The molecule has 9 heteroatoms. The quantitative estimate of drug-likeness (QED) is 0.521. The monoisotopic (exact) mass is 405 g/mol. The maximum Gasteiger partial charge on any atom is 0.265 e. The van der Waals surface area contributed by atoms with Crippen molar-refractivity contribution in [3.63, 3.8) is 0 Å². The molecule has 0 spiro atoms. The largest absolute Gasteiger partial charge is 0.338 e. The Morgan fingerprint density at radius 2 is 2.03 bits per heavy atom. The van der Waals surface area contributed by atoms with E-state index in [0.717, 1.165) is 46.1 Å². The summed E-state index contributed by atoms with van der Waals surface area (Å²) in [5.74, 6) is 1.15. The molecule has 0 aromatic carbocycles. The van der Waals surface area contributed by atoms with Crippen molar-refractivity contribution in [1.82, 2.24) is 34.7 Å².